The van der Waals surface area contributed by atoms with Gasteiger partial charge in [0, 0.05) is 12.2 Å². The van der Waals surface area contributed by atoms with Crippen LogP contribution in [0.4, 0.5) is 0 Å². The standard InChI is InChI=1S/C6H6.C4H4O4.C2H4/c1-2-4-6-5-3-1;5-3(6)1-2-4(7)8;1-2/h1-6H;1-2H,(H,5,6)(H,7,8);1-2H2/b;2-1-;. The number of hydrogen-bond donors (Lipinski definition) is 2. The first-order valence-corrected chi connectivity index (χ1v) is 4.27. The Morgan fingerprint density at radius 2 is 0.938 bits per heavy atom. The highest BCUT2D eigenvalue weighted by Crippen LogP contribution is 1.79. The topological polar surface area (TPSA) is 74.6 Å². The summed E-state index contributed by atoms with van der Waals surface area (Å²) < 4.78 is 0. The number of benzene rings is 1. The zero-order chi connectivity index (χ0) is 12.8. The Kier molecular flexibility index (Phi) is 12.7. The van der Waals surface area contributed by atoms with E-state index in [1.807, 2.05) is 36.4 Å². The normalized spacial score (nSPS) is 8.00. The fourth-order valence-corrected chi connectivity index (χ4v) is 0.527. The fourth-order valence-electron chi connectivity index (χ4n) is 0.527. The van der Waals surface area contributed by atoms with Crippen molar-refractivity contribution in [3.05, 3.63) is 61.7 Å². The lowest BCUT2D eigenvalue weighted by Crippen LogP contribution is -1.91. The molecule has 0 spiro atoms. The van der Waals surface area contributed by atoms with Crippen LogP contribution in [-0.2, 0) is 9.59 Å². The third kappa shape index (κ3) is 17.7. The van der Waals surface area contributed by atoms with Crippen molar-refractivity contribution >= 4 is 11.9 Å². The van der Waals surface area contributed by atoms with Crippen LogP contribution in [0.5, 0.6) is 0 Å². The maximum absolute atomic E-state index is 9.55. The lowest BCUT2D eigenvalue weighted by atomic mass is 10.4. The summed E-state index contributed by atoms with van der Waals surface area (Å²) in [5, 5.41) is 15.6. The minimum Gasteiger partial charge on any atom is -0.478 e. The summed E-state index contributed by atoms with van der Waals surface area (Å²) in [7, 11) is 0. The molecule has 0 aromatic heterocycles. The number of carbonyl (C=O) groups is 2. The minimum absolute atomic E-state index is 0.558. The summed E-state index contributed by atoms with van der Waals surface area (Å²) in [6.07, 6.45) is 1.12. The summed E-state index contributed by atoms with van der Waals surface area (Å²) in [6.45, 7) is 6.00. The van der Waals surface area contributed by atoms with E-state index in [4.69, 9.17) is 10.2 Å². The van der Waals surface area contributed by atoms with E-state index in [9.17, 15) is 9.59 Å². The van der Waals surface area contributed by atoms with E-state index in [1.54, 1.807) is 0 Å². The van der Waals surface area contributed by atoms with Crippen molar-refractivity contribution in [2.45, 2.75) is 0 Å². The van der Waals surface area contributed by atoms with E-state index in [2.05, 4.69) is 13.2 Å². The Morgan fingerprint density at radius 1 is 0.750 bits per heavy atom. The van der Waals surface area contributed by atoms with Gasteiger partial charge in [-0.05, 0) is 0 Å². The zero-order valence-electron chi connectivity index (χ0n) is 8.74. The maximum Gasteiger partial charge on any atom is 0.328 e. The molecule has 1 aromatic rings. The molecule has 0 bridgehead atoms. The molecule has 0 amide bonds. The summed E-state index contributed by atoms with van der Waals surface area (Å²) in [5.41, 5.74) is 0. The number of rotatable bonds is 2. The van der Waals surface area contributed by atoms with Crippen molar-refractivity contribution < 1.29 is 19.8 Å². The highest BCUT2D eigenvalue weighted by atomic mass is 16.4. The monoisotopic (exact) mass is 222 g/mol. The van der Waals surface area contributed by atoms with E-state index in [-0.39, 0.29) is 0 Å². The Hall–Kier alpha value is -2.36. The summed E-state index contributed by atoms with van der Waals surface area (Å²) in [5.74, 6) is -2.51. The fraction of sp³-hybridized carbons (Fsp3) is 0. The Bertz CT molecular complexity index is 274. The van der Waals surface area contributed by atoms with Crippen molar-refractivity contribution in [1.82, 2.24) is 0 Å². The van der Waals surface area contributed by atoms with Crippen molar-refractivity contribution in [3.63, 3.8) is 0 Å². The van der Waals surface area contributed by atoms with Crippen LogP contribution >= 0.6 is 0 Å². The largest absolute Gasteiger partial charge is 0.478 e. The van der Waals surface area contributed by atoms with E-state index < -0.39 is 11.9 Å². The molecule has 1 aromatic carbocycles. The first kappa shape index (κ1) is 16.1. The van der Waals surface area contributed by atoms with Gasteiger partial charge < -0.3 is 10.2 Å². The zero-order valence-corrected chi connectivity index (χ0v) is 8.74. The number of carboxylic acid groups (broad SMARTS) is 2. The maximum atomic E-state index is 9.55. The molecule has 0 unspecified atom stereocenters. The molecule has 4 heteroatoms. The lowest BCUT2D eigenvalue weighted by molar-refractivity contribution is -0.134. The van der Waals surface area contributed by atoms with Gasteiger partial charge in [-0.1, -0.05) is 36.4 Å². The van der Waals surface area contributed by atoms with Crippen LogP contribution in [0.15, 0.2) is 61.7 Å². The molecule has 0 heterocycles. The molecular formula is C12H14O4. The highest BCUT2D eigenvalue weighted by Gasteiger charge is 1.88. The van der Waals surface area contributed by atoms with Gasteiger partial charge in [0.05, 0.1) is 0 Å². The van der Waals surface area contributed by atoms with Gasteiger partial charge in [0.1, 0.15) is 0 Å². The van der Waals surface area contributed by atoms with Gasteiger partial charge in [0.2, 0.25) is 0 Å². The predicted octanol–water partition coefficient (Wildman–Crippen LogP) is 2.20. The van der Waals surface area contributed by atoms with E-state index in [1.165, 1.54) is 0 Å². The van der Waals surface area contributed by atoms with Crippen LogP contribution in [0.2, 0.25) is 0 Å². The number of hydrogen-bond acceptors (Lipinski definition) is 2. The van der Waals surface area contributed by atoms with Gasteiger partial charge in [0.25, 0.3) is 0 Å². The molecule has 4 nitrogen and oxygen atoms in total. The molecule has 0 aliphatic heterocycles. The Morgan fingerprint density at radius 3 is 1.06 bits per heavy atom. The molecule has 1 rings (SSSR count). The first-order valence-electron chi connectivity index (χ1n) is 4.27. The van der Waals surface area contributed by atoms with Gasteiger partial charge in [0.15, 0.2) is 0 Å². The Labute approximate surface area is 94.2 Å². The summed E-state index contributed by atoms with van der Waals surface area (Å²) in [6, 6.07) is 12.0. The second-order valence-corrected chi connectivity index (χ2v) is 2.16. The van der Waals surface area contributed by atoms with Crippen LogP contribution < -0.4 is 0 Å². The molecule has 86 valence electrons. The lowest BCUT2D eigenvalue weighted by Gasteiger charge is -1.74. The minimum atomic E-state index is -1.26. The Balaban J connectivity index is 0. The molecule has 2 N–H and O–H groups in total. The van der Waals surface area contributed by atoms with Crippen LogP contribution in [0.1, 0.15) is 0 Å². The van der Waals surface area contributed by atoms with Crippen LogP contribution in [0.25, 0.3) is 0 Å². The third-order valence-electron chi connectivity index (χ3n) is 1.04. The molecular weight excluding hydrogens is 208 g/mol. The van der Waals surface area contributed by atoms with Crippen molar-refractivity contribution in [2.24, 2.45) is 0 Å². The van der Waals surface area contributed by atoms with Crippen LogP contribution in [0, 0.1) is 0 Å². The smallest absolute Gasteiger partial charge is 0.328 e. The van der Waals surface area contributed by atoms with Gasteiger partial charge in [-0.3, -0.25) is 0 Å². The van der Waals surface area contributed by atoms with Crippen molar-refractivity contribution in [2.75, 3.05) is 0 Å². The van der Waals surface area contributed by atoms with Gasteiger partial charge >= 0.3 is 11.9 Å². The third-order valence-corrected chi connectivity index (χ3v) is 1.04. The van der Waals surface area contributed by atoms with Crippen LogP contribution in [-0.4, -0.2) is 22.2 Å². The predicted molar refractivity (Wildman–Crippen MR) is 62.1 cm³/mol. The average molecular weight is 222 g/mol. The molecule has 0 aliphatic rings. The molecule has 0 radical (unpaired) electrons. The van der Waals surface area contributed by atoms with E-state index in [0.29, 0.717) is 12.2 Å². The molecule has 0 saturated carbocycles. The van der Waals surface area contributed by atoms with Crippen molar-refractivity contribution in [1.29, 1.82) is 0 Å². The summed E-state index contributed by atoms with van der Waals surface area (Å²) in [4.78, 5) is 19.1. The van der Waals surface area contributed by atoms with Gasteiger partial charge in [-0.15, -0.1) is 13.2 Å². The quantitative estimate of drug-likeness (QED) is 0.594. The SMILES string of the molecule is C=C.O=C(O)/C=C\C(=O)O.c1ccccc1. The number of carboxylic acids is 2. The van der Waals surface area contributed by atoms with Crippen LogP contribution in [0.3, 0.4) is 0 Å². The van der Waals surface area contributed by atoms with E-state index >= 15 is 0 Å². The molecule has 0 fully saturated rings. The van der Waals surface area contributed by atoms with Gasteiger partial charge in [-0.25, -0.2) is 9.59 Å². The average Bonchev–Trinajstić information content (AvgIpc) is 2.32. The van der Waals surface area contributed by atoms with E-state index in [0.717, 1.165) is 0 Å². The van der Waals surface area contributed by atoms with Gasteiger partial charge in [-0.2, -0.15) is 0 Å². The summed E-state index contributed by atoms with van der Waals surface area (Å²) >= 11 is 0. The molecule has 0 atom stereocenters. The number of aliphatic carboxylic acids is 2. The molecule has 0 aliphatic carbocycles. The second kappa shape index (κ2) is 12.6. The molecule has 0 saturated heterocycles. The van der Waals surface area contributed by atoms with Crippen molar-refractivity contribution in [3.8, 4) is 0 Å². The second-order valence-electron chi connectivity index (χ2n) is 2.16. The highest BCUT2D eigenvalue weighted by molar-refractivity contribution is 5.89. The molecule has 16 heavy (non-hydrogen) atoms. The first-order chi connectivity index (χ1) is 7.63.